The highest BCUT2D eigenvalue weighted by Crippen LogP contribution is 2.41. The lowest BCUT2D eigenvalue weighted by Crippen LogP contribution is -2.29. The minimum atomic E-state index is -4.31. The summed E-state index contributed by atoms with van der Waals surface area (Å²) in [6.07, 6.45) is -3.68. The van der Waals surface area contributed by atoms with Gasteiger partial charge in [-0.1, -0.05) is 13.0 Å². The van der Waals surface area contributed by atoms with Crippen molar-refractivity contribution in [3.8, 4) is 0 Å². The van der Waals surface area contributed by atoms with E-state index in [2.05, 4.69) is 5.32 Å². The second-order valence-corrected chi connectivity index (χ2v) is 5.18. The van der Waals surface area contributed by atoms with E-state index in [4.69, 9.17) is 4.74 Å². The van der Waals surface area contributed by atoms with E-state index in [-0.39, 0.29) is 18.6 Å². The largest absolute Gasteiger partial charge is 0.416 e. The monoisotopic (exact) mass is 271 g/mol. The SMILES string of the molecule is CCc1cc2c(c(C(F)(F)F)c1)CO[C@H]1CNC[C@@H]21. The van der Waals surface area contributed by atoms with Crippen LogP contribution in [0.15, 0.2) is 12.1 Å². The molecule has 2 aliphatic heterocycles. The number of aryl methyl sites for hydroxylation is 1. The molecule has 104 valence electrons. The maximum Gasteiger partial charge on any atom is 0.416 e. The van der Waals surface area contributed by atoms with Crippen molar-refractivity contribution in [2.75, 3.05) is 13.1 Å². The average Bonchev–Trinajstić information content (AvgIpc) is 2.84. The van der Waals surface area contributed by atoms with Gasteiger partial charge in [0.25, 0.3) is 0 Å². The number of rotatable bonds is 1. The van der Waals surface area contributed by atoms with Crippen LogP contribution in [0.25, 0.3) is 0 Å². The number of halogens is 3. The van der Waals surface area contributed by atoms with Crippen molar-refractivity contribution in [2.24, 2.45) is 0 Å². The van der Waals surface area contributed by atoms with Crippen LogP contribution in [-0.4, -0.2) is 19.2 Å². The number of ether oxygens (including phenoxy) is 1. The van der Waals surface area contributed by atoms with Gasteiger partial charge in [0.05, 0.1) is 18.3 Å². The van der Waals surface area contributed by atoms with Crippen LogP contribution in [0.5, 0.6) is 0 Å². The third-order valence-electron chi connectivity index (χ3n) is 4.06. The smallest absolute Gasteiger partial charge is 0.372 e. The molecule has 2 atom stereocenters. The molecule has 3 rings (SSSR count). The Balaban J connectivity index is 2.15. The quantitative estimate of drug-likeness (QED) is 0.848. The summed E-state index contributed by atoms with van der Waals surface area (Å²) in [5.41, 5.74) is 1.38. The summed E-state index contributed by atoms with van der Waals surface area (Å²) in [6.45, 7) is 3.37. The highest BCUT2D eigenvalue weighted by atomic mass is 19.4. The first-order valence-electron chi connectivity index (χ1n) is 6.56. The molecule has 19 heavy (non-hydrogen) atoms. The number of fused-ring (bicyclic) bond motifs is 3. The predicted octanol–water partition coefficient (Wildman–Crippen LogP) is 2.85. The van der Waals surface area contributed by atoms with E-state index in [1.165, 1.54) is 6.07 Å². The minimum Gasteiger partial charge on any atom is -0.372 e. The zero-order chi connectivity index (χ0) is 13.6. The van der Waals surface area contributed by atoms with E-state index in [1.807, 2.05) is 13.0 Å². The van der Waals surface area contributed by atoms with Gasteiger partial charge in [-0.25, -0.2) is 0 Å². The molecule has 1 fully saturated rings. The maximum atomic E-state index is 13.2. The van der Waals surface area contributed by atoms with E-state index in [0.717, 1.165) is 17.7 Å². The molecule has 1 saturated heterocycles. The molecule has 0 unspecified atom stereocenters. The lowest BCUT2D eigenvalue weighted by Gasteiger charge is -2.30. The minimum absolute atomic E-state index is 0.0145. The van der Waals surface area contributed by atoms with Gasteiger partial charge >= 0.3 is 6.18 Å². The van der Waals surface area contributed by atoms with Crippen LogP contribution >= 0.6 is 0 Å². The van der Waals surface area contributed by atoms with Gasteiger partial charge < -0.3 is 10.1 Å². The molecule has 2 nitrogen and oxygen atoms in total. The van der Waals surface area contributed by atoms with Crippen molar-refractivity contribution >= 4 is 0 Å². The van der Waals surface area contributed by atoms with Gasteiger partial charge in [0, 0.05) is 19.0 Å². The Morgan fingerprint density at radius 3 is 2.79 bits per heavy atom. The number of benzene rings is 1. The molecular weight excluding hydrogens is 255 g/mol. The van der Waals surface area contributed by atoms with Gasteiger partial charge in [-0.05, 0) is 29.2 Å². The third kappa shape index (κ3) is 2.15. The van der Waals surface area contributed by atoms with Crippen molar-refractivity contribution in [3.05, 3.63) is 34.4 Å². The summed E-state index contributed by atoms with van der Waals surface area (Å²) in [4.78, 5) is 0. The Labute approximate surface area is 109 Å². The van der Waals surface area contributed by atoms with Crippen molar-refractivity contribution in [3.63, 3.8) is 0 Å². The van der Waals surface area contributed by atoms with Crippen LogP contribution in [0.2, 0.25) is 0 Å². The molecule has 0 amide bonds. The van der Waals surface area contributed by atoms with Crippen LogP contribution in [-0.2, 0) is 23.9 Å². The normalized spacial score (nSPS) is 26.1. The van der Waals surface area contributed by atoms with Gasteiger partial charge in [0.15, 0.2) is 0 Å². The maximum absolute atomic E-state index is 13.2. The molecule has 1 aromatic carbocycles. The van der Waals surface area contributed by atoms with Gasteiger partial charge in [0.1, 0.15) is 0 Å². The number of alkyl halides is 3. The number of hydrogen-bond acceptors (Lipinski definition) is 2. The molecule has 1 aromatic rings. The van der Waals surface area contributed by atoms with Crippen LogP contribution < -0.4 is 5.32 Å². The van der Waals surface area contributed by atoms with Crippen molar-refractivity contribution in [1.29, 1.82) is 0 Å². The summed E-state index contributed by atoms with van der Waals surface area (Å²) in [5, 5.41) is 3.19. The molecule has 0 aromatic heterocycles. The molecule has 0 spiro atoms. The molecule has 0 bridgehead atoms. The van der Waals surface area contributed by atoms with Gasteiger partial charge in [-0.2, -0.15) is 13.2 Å². The fourth-order valence-electron chi connectivity index (χ4n) is 3.04. The molecule has 2 aliphatic rings. The molecule has 2 heterocycles. The average molecular weight is 271 g/mol. The Bertz CT molecular complexity index is 498. The first kappa shape index (κ1) is 12.9. The topological polar surface area (TPSA) is 21.3 Å². The molecule has 0 aliphatic carbocycles. The lowest BCUT2D eigenvalue weighted by molar-refractivity contribution is -0.139. The molecule has 0 saturated carbocycles. The second-order valence-electron chi connectivity index (χ2n) is 5.18. The van der Waals surface area contributed by atoms with Crippen LogP contribution in [0.4, 0.5) is 13.2 Å². The zero-order valence-electron chi connectivity index (χ0n) is 10.7. The molecule has 5 heteroatoms. The fourth-order valence-corrected chi connectivity index (χ4v) is 3.04. The number of hydrogen-bond donors (Lipinski definition) is 1. The molecule has 1 N–H and O–H groups in total. The number of nitrogens with one attached hydrogen (secondary N) is 1. The van der Waals surface area contributed by atoms with Crippen molar-refractivity contribution < 1.29 is 17.9 Å². The highest BCUT2D eigenvalue weighted by molar-refractivity contribution is 5.45. The third-order valence-corrected chi connectivity index (χ3v) is 4.06. The van der Waals surface area contributed by atoms with E-state index >= 15 is 0 Å². The summed E-state index contributed by atoms with van der Waals surface area (Å²) < 4.78 is 45.1. The van der Waals surface area contributed by atoms with E-state index in [1.54, 1.807) is 0 Å². The fraction of sp³-hybridized carbons (Fsp3) is 0.571. The van der Waals surface area contributed by atoms with Crippen LogP contribution in [0, 0.1) is 0 Å². The van der Waals surface area contributed by atoms with Gasteiger partial charge in [-0.15, -0.1) is 0 Å². The Morgan fingerprint density at radius 1 is 1.32 bits per heavy atom. The van der Waals surface area contributed by atoms with E-state index in [9.17, 15) is 13.2 Å². The summed E-state index contributed by atoms with van der Waals surface area (Å²) in [7, 11) is 0. The van der Waals surface area contributed by atoms with Crippen molar-refractivity contribution in [2.45, 2.75) is 38.1 Å². The Morgan fingerprint density at radius 2 is 2.11 bits per heavy atom. The van der Waals surface area contributed by atoms with Gasteiger partial charge in [-0.3, -0.25) is 0 Å². The first-order valence-corrected chi connectivity index (χ1v) is 6.56. The predicted molar refractivity (Wildman–Crippen MR) is 65.0 cm³/mol. The van der Waals surface area contributed by atoms with Crippen LogP contribution in [0.1, 0.15) is 35.1 Å². The highest BCUT2D eigenvalue weighted by Gasteiger charge is 2.41. The van der Waals surface area contributed by atoms with E-state index < -0.39 is 11.7 Å². The summed E-state index contributed by atoms with van der Waals surface area (Å²) >= 11 is 0. The van der Waals surface area contributed by atoms with Gasteiger partial charge in [0.2, 0.25) is 0 Å². The molecule has 0 radical (unpaired) electrons. The summed E-state index contributed by atoms with van der Waals surface area (Å²) in [5.74, 6) is 0.0522. The Hall–Kier alpha value is -1.07. The standard InChI is InChI=1S/C14H16F3NO/c1-2-8-3-9-10-5-18-6-13(10)19-7-11(9)12(4-8)14(15,16)17/h3-4,10,13,18H,2,5-7H2,1H3/t10-,13-/m0/s1. The molecular formula is C14H16F3NO. The summed E-state index contributed by atoms with van der Waals surface area (Å²) in [6, 6.07) is 3.20. The lowest BCUT2D eigenvalue weighted by atomic mass is 9.85. The Kier molecular flexibility index (Phi) is 3.06. The first-order chi connectivity index (χ1) is 9.00. The van der Waals surface area contributed by atoms with E-state index in [0.29, 0.717) is 18.5 Å². The zero-order valence-corrected chi connectivity index (χ0v) is 10.7. The van der Waals surface area contributed by atoms with Crippen LogP contribution in [0.3, 0.4) is 0 Å². The second kappa shape index (κ2) is 4.49. The van der Waals surface area contributed by atoms with Crippen molar-refractivity contribution in [1.82, 2.24) is 5.32 Å².